The maximum Gasteiger partial charge on any atom is 0.264 e. The molecule has 0 fully saturated rings. The van der Waals surface area contributed by atoms with Gasteiger partial charge >= 0.3 is 0 Å². The number of fused-ring (bicyclic) bond motifs is 1. The van der Waals surface area contributed by atoms with Crippen LogP contribution in [-0.2, 0) is 13.1 Å². The van der Waals surface area contributed by atoms with Gasteiger partial charge in [0.2, 0.25) is 0 Å². The first-order valence-electron chi connectivity index (χ1n) is 9.20. The summed E-state index contributed by atoms with van der Waals surface area (Å²) in [5.74, 6) is -0.554. The van der Waals surface area contributed by atoms with Crippen LogP contribution in [0.2, 0.25) is 5.02 Å². The molecule has 0 aliphatic carbocycles. The number of benzene rings is 2. The molecule has 0 saturated carbocycles. The van der Waals surface area contributed by atoms with Crippen molar-refractivity contribution < 1.29 is 9.18 Å². The molecule has 0 aliphatic rings. The summed E-state index contributed by atoms with van der Waals surface area (Å²) in [7, 11) is 0. The number of hydrogen-bond acceptors (Lipinski definition) is 4. The third-order valence-electron chi connectivity index (χ3n) is 4.60. The van der Waals surface area contributed by atoms with Crippen molar-refractivity contribution in [2.75, 3.05) is 6.54 Å². The highest BCUT2D eigenvalue weighted by Gasteiger charge is 2.11. The number of carbonyl (C=O) groups is 1. The molecule has 1 N–H and O–H groups in total. The fraction of sp³-hybridized carbons (Fsp3) is 0.143. The van der Waals surface area contributed by atoms with Gasteiger partial charge in [0.05, 0.1) is 19.3 Å². The van der Waals surface area contributed by atoms with E-state index in [2.05, 4.69) is 15.4 Å². The van der Waals surface area contributed by atoms with Gasteiger partial charge in [0.15, 0.2) is 5.65 Å². The number of halogens is 2. The zero-order valence-corrected chi connectivity index (χ0v) is 16.5. The van der Waals surface area contributed by atoms with Gasteiger partial charge in [0.25, 0.3) is 11.5 Å². The number of hydrogen-bond donors (Lipinski definition) is 1. The van der Waals surface area contributed by atoms with Gasteiger partial charge < -0.3 is 5.32 Å². The van der Waals surface area contributed by atoms with Gasteiger partial charge in [-0.25, -0.2) is 14.1 Å². The van der Waals surface area contributed by atoms with Crippen LogP contribution in [0, 0.1) is 5.82 Å². The fourth-order valence-corrected chi connectivity index (χ4v) is 3.16. The second-order valence-electron chi connectivity index (χ2n) is 6.67. The molecule has 4 aromatic rings. The number of nitrogens with one attached hydrogen (secondary N) is 1. The van der Waals surface area contributed by atoms with Crippen molar-refractivity contribution in [3.05, 3.63) is 93.4 Å². The van der Waals surface area contributed by atoms with E-state index in [-0.39, 0.29) is 23.8 Å². The molecule has 2 aromatic carbocycles. The largest absolute Gasteiger partial charge is 0.350 e. The Kier molecular flexibility index (Phi) is 5.58. The lowest BCUT2D eigenvalue weighted by atomic mass is 10.2. The highest BCUT2D eigenvalue weighted by atomic mass is 35.5. The van der Waals surface area contributed by atoms with Gasteiger partial charge in [-0.2, -0.15) is 5.10 Å². The van der Waals surface area contributed by atoms with Gasteiger partial charge in [0.1, 0.15) is 17.5 Å². The molecule has 1 amide bonds. The van der Waals surface area contributed by atoms with E-state index < -0.39 is 0 Å². The summed E-state index contributed by atoms with van der Waals surface area (Å²) >= 11 is 5.83. The quantitative estimate of drug-likeness (QED) is 0.515. The van der Waals surface area contributed by atoms with E-state index in [1.807, 2.05) is 0 Å². The maximum atomic E-state index is 13.1. The molecule has 7 nitrogen and oxygen atoms in total. The number of carbonyl (C=O) groups excluding carboxylic acids is 1. The smallest absolute Gasteiger partial charge is 0.264 e. The molecule has 0 unspecified atom stereocenters. The van der Waals surface area contributed by atoms with Crippen LogP contribution in [0.3, 0.4) is 0 Å². The first-order chi connectivity index (χ1) is 14.5. The minimum absolute atomic E-state index is 0.224. The van der Waals surface area contributed by atoms with Gasteiger partial charge in [-0.1, -0.05) is 23.7 Å². The van der Waals surface area contributed by atoms with Crippen molar-refractivity contribution in [3.63, 3.8) is 0 Å². The molecule has 0 radical (unpaired) electrons. The Labute approximate surface area is 175 Å². The van der Waals surface area contributed by atoms with Crippen molar-refractivity contribution >= 4 is 28.5 Å². The van der Waals surface area contributed by atoms with Crippen molar-refractivity contribution in [1.29, 1.82) is 0 Å². The minimum Gasteiger partial charge on any atom is -0.350 e. The predicted octanol–water partition coefficient (Wildman–Crippen LogP) is 2.86. The Hall–Kier alpha value is -3.52. The minimum atomic E-state index is -0.330. The Bertz CT molecular complexity index is 1250. The lowest BCUT2D eigenvalue weighted by Crippen LogP contribution is -2.27. The van der Waals surface area contributed by atoms with Crippen LogP contribution in [0.25, 0.3) is 11.0 Å². The van der Waals surface area contributed by atoms with E-state index in [4.69, 9.17) is 11.6 Å². The summed E-state index contributed by atoms with van der Waals surface area (Å²) in [6.45, 7) is 0.959. The number of nitrogens with zero attached hydrogens (tertiary/aromatic N) is 4. The van der Waals surface area contributed by atoms with Crippen LogP contribution in [0.1, 0.15) is 15.9 Å². The second kappa shape index (κ2) is 8.46. The van der Waals surface area contributed by atoms with Gasteiger partial charge in [0, 0.05) is 17.1 Å². The molecule has 30 heavy (non-hydrogen) atoms. The Morgan fingerprint density at radius 2 is 1.83 bits per heavy atom. The van der Waals surface area contributed by atoms with Crippen molar-refractivity contribution in [2.45, 2.75) is 13.1 Å². The second-order valence-corrected chi connectivity index (χ2v) is 7.11. The molecule has 0 spiro atoms. The summed E-state index contributed by atoms with van der Waals surface area (Å²) in [6, 6.07) is 12.5. The van der Waals surface area contributed by atoms with Gasteiger partial charge in [-0.05, 0) is 42.0 Å². The lowest BCUT2D eigenvalue weighted by molar-refractivity contribution is 0.0952. The molecule has 9 heteroatoms. The molecule has 2 aromatic heterocycles. The van der Waals surface area contributed by atoms with Crippen LogP contribution < -0.4 is 10.9 Å². The van der Waals surface area contributed by atoms with Crippen molar-refractivity contribution in [1.82, 2.24) is 24.6 Å². The highest BCUT2D eigenvalue weighted by molar-refractivity contribution is 6.30. The lowest BCUT2D eigenvalue weighted by Gasteiger charge is -2.08. The van der Waals surface area contributed by atoms with Crippen LogP contribution >= 0.6 is 11.6 Å². The van der Waals surface area contributed by atoms with Gasteiger partial charge in [-0.15, -0.1) is 0 Å². The first kappa shape index (κ1) is 19.8. The third kappa shape index (κ3) is 4.23. The molecule has 4 rings (SSSR count). The zero-order chi connectivity index (χ0) is 21.1. The molecule has 0 aliphatic heterocycles. The van der Waals surface area contributed by atoms with E-state index in [0.29, 0.717) is 34.7 Å². The zero-order valence-electron chi connectivity index (χ0n) is 15.8. The first-order valence-corrected chi connectivity index (χ1v) is 9.58. The van der Waals surface area contributed by atoms with E-state index in [1.165, 1.54) is 29.2 Å². The van der Waals surface area contributed by atoms with Crippen molar-refractivity contribution in [2.24, 2.45) is 0 Å². The summed E-state index contributed by atoms with van der Waals surface area (Å²) in [4.78, 5) is 29.2. The van der Waals surface area contributed by atoms with Crippen LogP contribution in [-0.4, -0.2) is 31.8 Å². The molecule has 0 saturated heterocycles. The molecular weight excluding hydrogens is 409 g/mol. The number of aromatic nitrogens is 4. The summed E-state index contributed by atoms with van der Waals surface area (Å²) < 4.78 is 16.1. The Balaban J connectivity index is 1.45. The average molecular weight is 426 g/mol. The SMILES string of the molecule is O=C(NCCn1ncc2c(=O)n(Cc3ccc(F)cc3)cnc21)c1ccc(Cl)cc1. The summed E-state index contributed by atoms with van der Waals surface area (Å²) in [5, 5.41) is 7.96. The highest BCUT2D eigenvalue weighted by Crippen LogP contribution is 2.10. The van der Waals surface area contributed by atoms with Crippen LogP contribution in [0.15, 0.2) is 65.8 Å². The molecule has 2 heterocycles. The van der Waals surface area contributed by atoms with Crippen LogP contribution in [0.5, 0.6) is 0 Å². The molecule has 0 atom stereocenters. The van der Waals surface area contributed by atoms with Crippen LogP contribution in [0.4, 0.5) is 4.39 Å². The fourth-order valence-electron chi connectivity index (χ4n) is 3.04. The normalized spacial score (nSPS) is 11.0. The topological polar surface area (TPSA) is 81.8 Å². The Morgan fingerprint density at radius 3 is 2.57 bits per heavy atom. The van der Waals surface area contributed by atoms with E-state index in [9.17, 15) is 14.0 Å². The van der Waals surface area contributed by atoms with E-state index in [1.54, 1.807) is 41.1 Å². The number of amides is 1. The van der Waals surface area contributed by atoms with E-state index in [0.717, 1.165) is 5.56 Å². The average Bonchev–Trinajstić information content (AvgIpc) is 3.16. The molecular formula is C21H17ClFN5O2. The van der Waals surface area contributed by atoms with E-state index >= 15 is 0 Å². The molecule has 152 valence electrons. The monoisotopic (exact) mass is 425 g/mol. The summed E-state index contributed by atoms with van der Waals surface area (Å²) in [5.41, 5.74) is 1.50. The molecule has 0 bridgehead atoms. The Morgan fingerprint density at radius 1 is 1.10 bits per heavy atom. The van der Waals surface area contributed by atoms with Crippen molar-refractivity contribution in [3.8, 4) is 0 Å². The number of rotatable bonds is 6. The van der Waals surface area contributed by atoms with Gasteiger partial charge in [-0.3, -0.25) is 14.2 Å². The predicted molar refractivity (Wildman–Crippen MR) is 111 cm³/mol. The standard InChI is InChI=1S/C21H17ClFN5O2/c22-16-5-3-15(4-6-16)20(29)24-9-10-28-19-18(11-26-28)21(30)27(13-25-19)12-14-1-7-17(23)8-2-14/h1-8,11,13H,9-10,12H2,(H,24,29). The summed E-state index contributed by atoms with van der Waals surface area (Å²) in [6.07, 6.45) is 2.91. The maximum absolute atomic E-state index is 13.1. The third-order valence-corrected chi connectivity index (χ3v) is 4.86.